The summed E-state index contributed by atoms with van der Waals surface area (Å²) in [4.78, 5) is 3.92. The fraction of sp³-hybridized carbons (Fsp3) is 0.583. The summed E-state index contributed by atoms with van der Waals surface area (Å²) in [6.07, 6.45) is 4.62. The third-order valence-corrected chi connectivity index (χ3v) is 5.40. The maximum Gasteiger partial charge on any atom is 0.262 e. The molecule has 2 aromatic heterocycles. The zero-order valence-corrected chi connectivity index (χ0v) is 13.3. The van der Waals surface area contributed by atoms with Crippen LogP contribution in [0.15, 0.2) is 23.9 Å². The molecule has 0 bridgehead atoms. The lowest BCUT2D eigenvalue weighted by molar-refractivity contribution is 0.182. The van der Waals surface area contributed by atoms with Crippen molar-refractivity contribution in [2.45, 2.75) is 17.5 Å². The predicted octanol–water partition coefficient (Wildman–Crippen LogP) is -0.554. The Bertz CT molecular complexity index is 747. The molecule has 10 heteroatoms. The summed E-state index contributed by atoms with van der Waals surface area (Å²) in [6.45, 7) is 2.01. The first kappa shape index (κ1) is 15.1. The van der Waals surface area contributed by atoms with Gasteiger partial charge in [0.1, 0.15) is 12.2 Å². The fourth-order valence-corrected chi connectivity index (χ4v) is 3.89. The largest absolute Gasteiger partial charge is 0.383 e. The lowest BCUT2D eigenvalue weighted by Gasteiger charge is -2.36. The molecule has 0 N–H and O–H groups in total. The molecule has 9 nitrogen and oxygen atoms in total. The standard InChI is InChI=1S/C12H18N6O3S/c1-16-7-11(13-8-16)22(19,20)18-5-10(6-18)12-15-14-9-17(12)3-4-21-2/h7-10H,3-6H2,1-2H3. The third-order valence-electron chi connectivity index (χ3n) is 3.68. The molecule has 2 aromatic rings. The first-order chi connectivity index (χ1) is 10.5. The summed E-state index contributed by atoms with van der Waals surface area (Å²) >= 11 is 0. The van der Waals surface area contributed by atoms with Gasteiger partial charge >= 0.3 is 0 Å². The Balaban J connectivity index is 1.68. The second-order valence-corrected chi connectivity index (χ2v) is 7.16. The van der Waals surface area contributed by atoms with Crippen molar-refractivity contribution in [2.75, 3.05) is 26.8 Å². The SMILES string of the molecule is COCCn1cnnc1C1CN(S(=O)(=O)c2cn(C)cn2)C1. The Labute approximate surface area is 128 Å². The van der Waals surface area contributed by atoms with Gasteiger partial charge in [0.2, 0.25) is 0 Å². The molecule has 1 fully saturated rings. The van der Waals surface area contributed by atoms with Gasteiger partial charge in [-0.25, -0.2) is 13.4 Å². The highest BCUT2D eigenvalue weighted by Crippen LogP contribution is 2.30. The van der Waals surface area contributed by atoms with E-state index in [4.69, 9.17) is 4.74 Å². The molecule has 0 radical (unpaired) electrons. The zero-order valence-electron chi connectivity index (χ0n) is 12.5. The Hall–Kier alpha value is -1.78. The van der Waals surface area contributed by atoms with Gasteiger partial charge in [-0.1, -0.05) is 0 Å². The van der Waals surface area contributed by atoms with Crippen LogP contribution in [0.3, 0.4) is 0 Å². The Kier molecular flexibility index (Phi) is 3.98. The van der Waals surface area contributed by atoms with E-state index in [1.54, 1.807) is 25.1 Å². The van der Waals surface area contributed by atoms with Gasteiger partial charge in [-0.3, -0.25) is 0 Å². The molecule has 1 aliphatic rings. The molecule has 0 spiro atoms. The number of rotatable bonds is 6. The molecular formula is C12H18N6O3S. The number of imidazole rings is 1. The van der Waals surface area contributed by atoms with Crippen LogP contribution < -0.4 is 0 Å². The van der Waals surface area contributed by atoms with E-state index in [1.165, 1.54) is 16.8 Å². The van der Waals surface area contributed by atoms with Gasteiger partial charge in [-0.05, 0) is 0 Å². The molecule has 0 unspecified atom stereocenters. The lowest BCUT2D eigenvalue weighted by atomic mass is 10.0. The monoisotopic (exact) mass is 326 g/mol. The van der Waals surface area contributed by atoms with E-state index < -0.39 is 10.0 Å². The van der Waals surface area contributed by atoms with Crippen molar-refractivity contribution in [2.24, 2.45) is 7.05 Å². The number of aromatic nitrogens is 5. The van der Waals surface area contributed by atoms with Crippen LogP contribution in [0.5, 0.6) is 0 Å². The first-order valence-corrected chi connectivity index (χ1v) is 8.31. The maximum atomic E-state index is 12.4. The predicted molar refractivity (Wildman–Crippen MR) is 76.6 cm³/mol. The average Bonchev–Trinajstić information content (AvgIpc) is 3.04. The van der Waals surface area contributed by atoms with Crippen LogP contribution in [-0.4, -0.2) is 63.8 Å². The topological polar surface area (TPSA) is 95.1 Å². The summed E-state index contributed by atoms with van der Waals surface area (Å²) < 4.78 is 34.7. The van der Waals surface area contributed by atoms with E-state index in [2.05, 4.69) is 15.2 Å². The fourth-order valence-electron chi connectivity index (χ4n) is 2.39. The third kappa shape index (κ3) is 2.64. The number of nitrogens with zero attached hydrogens (tertiary/aromatic N) is 6. The van der Waals surface area contributed by atoms with Gasteiger partial charge in [0.25, 0.3) is 10.0 Å². The van der Waals surface area contributed by atoms with Gasteiger partial charge in [0.05, 0.1) is 12.9 Å². The highest BCUT2D eigenvalue weighted by atomic mass is 32.2. The van der Waals surface area contributed by atoms with Gasteiger partial charge in [-0.2, -0.15) is 4.31 Å². The van der Waals surface area contributed by atoms with Crippen molar-refractivity contribution in [1.29, 1.82) is 0 Å². The number of methoxy groups -OCH3 is 1. The summed E-state index contributed by atoms with van der Waals surface area (Å²) in [5.74, 6) is 0.849. The molecule has 1 aliphatic heterocycles. The highest BCUT2D eigenvalue weighted by Gasteiger charge is 2.40. The van der Waals surface area contributed by atoms with Crippen LogP contribution >= 0.6 is 0 Å². The van der Waals surface area contributed by atoms with Gasteiger partial charge in [0.15, 0.2) is 5.03 Å². The molecular weight excluding hydrogens is 308 g/mol. The minimum Gasteiger partial charge on any atom is -0.383 e. The molecule has 0 atom stereocenters. The van der Waals surface area contributed by atoms with Gasteiger partial charge in [-0.15, -0.1) is 10.2 Å². The second kappa shape index (κ2) is 5.78. The van der Waals surface area contributed by atoms with Crippen LogP contribution in [0.1, 0.15) is 11.7 Å². The molecule has 22 heavy (non-hydrogen) atoms. The van der Waals surface area contributed by atoms with Crippen molar-refractivity contribution in [1.82, 2.24) is 28.6 Å². The summed E-state index contributed by atoms with van der Waals surface area (Å²) in [5, 5.41) is 8.08. The van der Waals surface area contributed by atoms with E-state index in [-0.39, 0.29) is 10.9 Å². The zero-order chi connectivity index (χ0) is 15.7. The van der Waals surface area contributed by atoms with E-state index in [1.807, 2.05) is 4.57 Å². The van der Waals surface area contributed by atoms with Gasteiger partial charge < -0.3 is 13.9 Å². The lowest BCUT2D eigenvalue weighted by Crippen LogP contribution is -2.49. The number of hydrogen-bond acceptors (Lipinski definition) is 6. The molecule has 3 rings (SSSR count). The smallest absolute Gasteiger partial charge is 0.262 e. The molecule has 0 amide bonds. The van der Waals surface area contributed by atoms with Crippen molar-refractivity contribution in [3.8, 4) is 0 Å². The van der Waals surface area contributed by atoms with E-state index in [0.717, 1.165) is 5.82 Å². The number of hydrogen-bond donors (Lipinski definition) is 0. The van der Waals surface area contributed by atoms with Crippen LogP contribution in [-0.2, 0) is 28.4 Å². The molecule has 0 aromatic carbocycles. The van der Waals surface area contributed by atoms with Crippen LogP contribution in [0.2, 0.25) is 0 Å². The minimum atomic E-state index is -3.52. The van der Waals surface area contributed by atoms with Crippen molar-refractivity contribution >= 4 is 10.0 Å². The Morgan fingerprint density at radius 2 is 2.14 bits per heavy atom. The van der Waals surface area contributed by atoms with Gasteiger partial charge in [0, 0.05) is 45.9 Å². The van der Waals surface area contributed by atoms with Crippen molar-refractivity contribution in [3.63, 3.8) is 0 Å². The maximum absolute atomic E-state index is 12.4. The van der Waals surface area contributed by atoms with E-state index >= 15 is 0 Å². The first-order valence-electron chi connectivity index (χ1n) is 6.87. The minimum absolute atomic E-state index is 0.0536. The summed E-state index contributed by atoms with van der Waals surface area (Å²) in [5.41, 5.74) is 0. The Morgan fingerprint density at radius 3 is 2.77 bits per heavy atom. The van der Waals surface area contributed by atoms with Crippen LogP contribution in [0, 0.1) is 0 Å². The highest BCUT2D eigenvalue weighted by molar-refractivity contribution is 7.89. The van der Waals surface area contributed by atoms with E-state index in [9.17, 15) is 8.42 Å². The molecule has 1 saturated heterocycles. The molecule has 0 saturated carbocycles. The molecule has 120 valence electrons. The van der Waals surface area contributed by atoms with Crippen molar-refractivity contribution < 1.29 is 13.2 Å². The van der Waals surface area contributed by atoms with Crippen LogP contribution in [0.4, 0.5) is 0 Å². The summed E-state index contributed by atoms with van der Waals surface area (Å²) in [6, 6.07) is 0. The average molecular weight is 326 g/mol. The van der Waals surface area contributed by atoms with E-state index in [0.29, 0.717) is 26.2 Å². The summed E-state index contributed by atoms with van der Waals surface area (Å²) in [7, 11) is -0.143. The number of aryl methyl sites for hydroxylation is 1. The number of ether oxygens (including phenoxy) is 1. The quantitative estimate of drug-likeness (QED) is 0.706. The van der Waals surface area contributed by atoms with Crippen molar-refractivity contribution in [3.05, 3.63) is 24.7 Å². The normalized spacial score (nSPS) is 16.8. The second-order valence-electron chi connectivity index (χ2n) is 5.27. The number of sulfonamides is 1. The Morgan fingerprint density at radius 1 is 1.36 bits per heavy atom. The molecule has 0 aliphatic carbocycles. The molecule has 3 heterocycles. The van der Waals surface area contributed by atoms with Crippen LogP contribution in [0.25, 0.3) is 0 Å².